The quantitative estimate of drug-likeness (QED) is 0.873. The van der Waals surface area contributed by atoms with E-state index < -0.39 is 0 Å². The topological polar surface area (TPSA) is 70.2 Å². The van der Waals surface area contributed by atoms with Crippen molar-refractivity contribution in [2.24, 2.45) is 5.92 Å². The summed E-state index contributed by atoms with van der Waals surface area (Å²) in [6.45, 7) is 10.3. The van der Waals surface area contributed by atoms with Crippen LogP contribution in [-0.4, -0.2) is 52.1 Å². The molecule has 1 aromatic heterocycles. The van der Waals surface area contributed by atoms with E-state index in [1.807, 2.05) is 24.3 Å². The fourth-order valence-corrected chi connectivity index (χ4v) is 3.70. The average Bonchev–Trinajstić information content (AvgIpc) is 2.94. The van der Waals surface area contributed by atoms with Crippen molar-refractivity contribution in [1.82, 2.24) is 20.2 Å². The van der Waals surface area contributed by atoms with Gasteiger partial charge in [0.15, 0.2) is 0 Å². The zero-order valence-corrected chi connectivity index (χ0v) is 15.5. The molecule has 0 aliphatic carbocycles. The summed E-state index contributed by atoms with van der Waals surface area (Å²) in [7, 11) is 0. The van der Waals surface area contributed by atoms with Gasteiger partial charge in [0.05, 0.1) is 35.8 Å². The van der Waals surface area contributed by atoms with Crippen LogP contribution >= 0.6 is 0 Å². The van der Waals surface area contributed by atoms with Crippen molar-refractivity contribution in [1.29, 1.82) is 0 Å². The first-order chi connectivity index (χ1) is 11.9. The van der Waals surface area contributed by atoms with E-state index in [1.54, 1.807) is 0 Å². The summed E-state index contributed by atoms with van der Waals surface area (Å²) in [5.41, 5.74) is 1.91. The van der Waals surface area contributed by atoms with Crippen LogP contribution < -0.4 is 5.32 Å². The van der Waals surface area contributed by atoms with Gasteiger partial charge in [-0.2, -0.15) is 0 Å². The molecule has 1 aliphatic rings. The molecule has 3 rings (SSSR count). The van der Waals surface area contributed by atoms with E-state index in [-0.39, 0.29) is 30.1 Å². The van der Waals surface area contributed by atoms with Crippen molar-refractivity contribution in [3.8, 4) is 0 Å². The van der Waals surface area contributed by atoms with E-state index >= 15 is 0 Å². The Labute approximate surface area is 149 Å². The average molecular weight is 344 g/mol. The normalized spacial score (nSPS) is 23.1. The predicted molar refractivity (Wildman–Crippen MR) is 98.1 cm³/mol. The van der Waals surface area contributed by atoms with Gasteiger partial charge in [0.25, 0.3) is 0 Å². The number of aromatic nitrogens is 2. The lowest BCUT2D eigenvalue weighted by molar-refractivity contribution is -0.135. The van der Waals surface area contributed by atoms with Crippen LogP contribution in [0.5, 0.6) is 0 Å². The lowest BCUT2D eigenvalue weighted by atomic mass is 9.99. The van der Waals surface area contributed by atoms with Crippen molar-refractivity contribution in [3.05, 3.63) is 30.1 Å². The Bertz CT molecular complexity index is 684. The zero-order chi connectivity index (χ0) is 18.0. The Morgan fingerprint density at radius 2 is 2.00 bits per heavy atom. The van der Waals surface area contributed by atoms with Gasteiger partial charge in [0, 0.05) is 13.1 Å². The van der Waals surface area contributed by atoms with Crippen LogP contribution in [0.4, 0.5) is 0 Å². The fraction of sp³-hybridized carbons (Fsp3) is 0.579. The van der Waals surface area contributed by atoms with Gasteiger partial charge in [-0.3, -0.25) is 9.69 Å². The molecule has 6 nitrogen and oxygen atoms in total. The number of fused-ring (bicyclic) bond motifs is 1. The Balaban J connectivity index is 1.66. The number of benzene rings is 1. The highest BCUT2D eigenvalue weighted by Crippen LogP contribution is 2.19. The summed E-state index contributed by atoms with van der Waals surface area (Å²) in [4.78, 5) is 22.9. The number of nitrogens with one attached hydrogen (secondary N) is 2. The molecule has 2 N–H and O–H groups in total. The van der Waals surface area contributed by atoms with Crippen LogP contribution in [-0.2, 0) is 16.1 Å². The molecular weight excluding hydrogens is 316 g/mol. The second kappa shape index (κ2) is 7.54. The van der Waals surface area contributed by atoms with E-state index in [1.165, 1.54) is 0 Å². The van der Waals surface area contributed by atoms with Crippen LogP contribution in [0.15, 0.2) is 24.3 Å². The molecule has 1 aromatic carbocycles. The van der Waals surface area contributed by atoms with E-state index in [2.05, 4.69) is 47.9 Å². The monoisotopic (exact) mass is 344 g/mol. The molecule has 3 unspecified atom stereocenters. The molecule has 25 heavy (non-hydrogen) atoms. The van der Waals surface area contributed by atoms with Crippen LogP contribution in [0.1, 0.15) is 33.5 Å². The van der Waals surface area contributed by atoms with Crippen molar-refractivity contribution < 1.29 is 9.53 Å². The number of nitrogens with zero attached hydrogens (tertiary/aromatic N) is 2. The Kier molecular flexibility index (Phi) is 5.39. The SMILES string of the molecule is CC1CN(C(C(=O)NCc2nc3ccccc3[nH]2)C(C)C)CC(C)O1. The molecule has 136 valence electrons. The van der Waals surface area contributed by atoms with Crippen molar-refractivity contribution in [2.45, 2.75) is 52.5 Å². The first kappa shape index (κ1) is 17.9. The highest BCUT2D eigenvalue weighted by atomic mass is 16.5. The third-order valence-corrected chi connectivity index (χ3v) is 4.61. The number of hydrogen-bond donors (Lipinski definition) is 2. The maximum atomic E-state index is 12.9. The largest absolute Gasteiger partial charge is 0.373 e. The number of rotatable bonds is 5. The molecule has 6 heteroatoms. The Morgan fingerprint density at radius 3 is 2.64 bits per heavy atom. The molecule has 0 saturated carbocycles. The summed E-state index contributed by atoms with van der Waals surface area (Å²) in [6.07, 6.45) is 0.293. The van der Waals surface area contributed by atoms with Gasteiger partial charge in [-0.05, 0) is 31.9 Å². The molecule has 3 atom stereocenters. The van der Waals surface area contributed by atoms with Gasteiger partial charge >= 0.3 is 0 Å². The number of imidazole rings is 1. The molecular formula is C19H28N4O2. The zero-order valence-electron chi connectivity index (χ0n) is 15.5. The smallest absolute Gasteiger partial charge is 0.238 e. The number of H-pyrrole nitrogens is 1. The predicted octanol–water partition coefficient (Wildman–Crippen LogP) is 2.31. The van der Waals surface area contributed by atoms with Crippen molar-refractivity contribution >= 4 is 16.9 Å². The Morgan fingerprint density at radius 1 is 1.32 bits per heavy atom. The maximum absolute atomic E-state index is 12.9. The lowest BCUT2D eigenvalue weighted by Crippen LogP contribution is -2.56. The van der Waals surface area contributed by atoms with E-state index in [4.69, 9.17) is 4.74 Å². The highest BCUT2D eigenvalue weighted by Gasteiger charge is 2.34. The van der Waals surface area contributed by atoms with Gasteiger partial charge in [0.1, 0.15) is 5.82 Å². The number of morpholine rings is 1. The molecule has 1 saturated heterocycles. The van der Waals surface area contributed by atoms with Gasteiger partial charge in [-0.1, -0.05) is 26.0 Å². The molecule has 2 heterocycles. The number of carbonyl (C=O) groups is 1. The van der Waals surface area contributed by atoms with Crippen LogP contribution in [0.2, 0.25) is 0 Å². The van der Waals surface area contributed by atoms with Crippen LogP contribution in [0, 0.1) is 5.92 Å². The van der Waals surface area contributed by atoms with Crippen LogP contribution in [0.25, 0.3) is 11.0 Å². The first-order valence-corrected chi connectivity index (χ1v) is 9.05. The Hall–Kier alpha value is -1.92. The van der Waals surface area contributed by atoms with Gasteiger partial charge in [-0.15, -0.1) is 0 Å². The molecule has 0 spiro atoms. The van der Waals surface area contributed by atoms with E-state index in [0.717, 1.165) is 29.9 Å². The number of aromatic amines is 1. The summed E-state index contributed by atoms with van der Waals surface area (Å²) in [6, 6.07) is 7.73. The third-order valence-electron chi connectivity index (χ3n) is 4.61. The number of ether oxygens (including phenoxy) is 1. The molecule has 1 amide bonds. The molecule has 0 bridgehead atoms. The standard InChI is InChI=1S/C19H28N4O2/c1-12(2)18(23-10-13(3)25-14(4)11-23)19(24)20-9-17-21-15-7-5-6-8-16(15)22-17/h5-8,12-14,18H,9-11H2,1-4H3,(H,20,24)(H,21,22). The first-order valence-electron chi connectivity index (χ1n) is 9.05. The summed E-state index contributed by atoms with van der Waals surface area (Å²) in [5, 5.41) is 3.05. The second-order valence-corrected chi connectivity index (χ2v) is 7.32. The minimum Gasteiger partial charge on any atom is -0.373 e. The summed E-state index contributed by atoms with van der Waals surface area (Å²) in [5.74, 6) is 1.06. The number of hydrogen-bond acceptors (Lipinski definition) is 4. The molecule has 0 radical (unpaired) electrons. The van der Waals surface area contributed by atoms with E-state index in [0.29, 0.717) is 6.54 Å². The minimum absolute atomic E-state index is 0.0526. The van der Waals surface area contributed by atoms with Gasteiger partial charge in [0.2, 0.25) is 5.91 Å². The summed E-state index contributed by atoms with van der Waals surface area (Å²) < 4.78 is 5.80. The van der Waals surface area contributed by atoms with Gasteiger partial charge < -0.3 is 15.0 Å². The maximum Gasteiger partial charge on any atom is 0.238 e. The van der Waals surface area contributed by atoms with Gasteiger partial charge in [-0.25, -0.2) is 4.98 Å². The van der Waals surface area contributed by atoms with Crippen LogP contribution in [0.3, 0.4) is 0 Å². The molecule has 2 aromatic rings. The van der Waals surface area contributed by atoms with Crippen molar-refractivity contribution in [2.75, 3.05) is 13.1 Å². The molecule has 1 fully saturated rings. The highest BCUT2D eigenvalue weighted by molar-refractivity contribution is 5.82. The third kappa shape index (κ3) is 4.19. The van der Waals surface area contributed by atoms with Crippen molar-refractivity contribution in [3.63, 3.8) is 0 Å². The lowest BCUT2D eigenvalue weighted by Gasteiger charge is -2.40. The molecule has 1 aliphatic heterocycles. The summed E-state index contributed by atoms with van der Waals surface area (Å²) >= 11 is 0. The minimum atomic E-state index is -0.154. The fourth-order valence-electron chi connectivity index (χ4n) is 3.70. The van der Waals surface area contributed by atoms with E-state index in [9.17, 15) is 4.79 Å². The number of carbonyl (C=O) groups excluding carboxylic acids is 1. The number of amides is 1. The number of para-hydroxylation sites is 2. The second-order valence-electron chi connectivity index (χ2n) is 7.32.